The Morgan fingerprint density at radius 3 is 2.21 bits per heavy atom. The van der Waals surface area contributed by atoms with E-state index < -0.39 is 0 Å². The first-order valence-electron chi connectivity index (χ1n) is 5.43. The van der Waals surface area contributed by atoms with E-state index in [4.69, 9.17) is 4.84 Å². The van der Waals surface area contributed by atoms with Crippen LogP contribution in [0.2, 0.25) is 0 Å². The fraction of sp³-hybridized carbons (Fsp3) is 0.909. The van der Waals surface area contributed by atoms with E-state index in [-0.39, 0.29) is 0 Å². The summed E-state index contributed by atoms with van der Waals surface area (Å²) in [6, 6.07) is 0. The number of rotatable bonds is 2. The number of amidine groups is 1. The van der Waals surface area contributed by atoms with Gasteiger partial charge in [0.25, 0.3) is 0 Å². The maximum atomic E-state index is 4.89. The second kappa shape index (κ2) is 5.23. The number of oxime groups is 1. The van der Waals surface area contributed by atoms with Gasteiger partial charge in [-0.2, -0.15) is 0 Å². The Morgan fingerprint density at radius 1 is 1.21 bits per heavy atom. The van der Waals surface area contributed by atoms with Gasteiger partial charge in [0.05, 0.1) is 0 Å². The van der Waals surface area contributed by atoms with Gasteiger partial charge >= 0.3 is 0 Å². The molecule has 3 heteroatoms. The highest BCUT2D eigenvalue weighted by molar-refractivity contribution is 5.83. The zero-order valence-corrected chi connectivity index (χ0v) is 9.79. The molecule has 0 amide bonds. The van der Waals surface area contributed by atoms with Gasteiger partial charge in [-0.25, -0.2) is 0 Å². The van der Waals surface area contributed by atoms with Crippen molar-refractivity contribution in [3.8, 4) is 0 Å². The van der Waals surface area contributed by atoms with Crippen molar-refractivity contribution in [2.75, 3.05) is 21.2 Å². The first-order valence-corrected chi connectivity index (χ1v) is 5.43. The van der Waals surface area contributed by atoms with Crippen LogP contribution in [0.4, 0.5) is 0 Å². The third-order valence-electron chi connectivity index (χ3n) is 3.02. The van der Waals surface area contributed by atoms with Crippen molar-refractivity contribution in [2.24, 2.45) is 17.0 Å². The van der Waals surface area contributed by atoms with E-state index in [1.165, 1.54) is 25.7 Å². The maximum Gasteiger partial charge on any atom is 0.147 e. The minimum absolute atomic E-state index is 0.598. The van der Waals surface area contributed by atoms with Gasteiger partial charge in [0.15, 0.2) is 0 Å². The van der Waals surface area contributed by atoms with Crippen LogP contribution in [-0.2, 0) is 4.84 Å². The standard InChI is InChI=1S/C11H22N2O/c1-9-5-7-10(8-6-9)11(12-14-4)13(2)3/h9-10H,5-8H2,1-4H3. The predicted octanol–water partition coefficient (Wildman–Crippen LogP) is 2.33. The van der Waals surface area contributed by atoms with Gasteiger partial charge in [-0.3, -0.25) is 0 Å². The van der Waals surface area contributed by atoms with Crippen LogP contribution in [0.1, 0.15) is 32.6 Å². The quantitative estimate of drug-likeness (QED) is 0.386. The summed E-state index contributed by atoms with van der Waals surface area (Å²) in [7, 11) is 5.70. The van der Waals surface area contributed by atoms with Crippen molar-refractivity contribution in [3.63, 3.8) is 0 Å². The highest BCUT2D eigenvalue weighted by Gasteiger charge is 2.24. The Labute approximate surface area is 87.1 Å². The van der Waals surface area contributed by atoms with Crippen LogP contribution in [0.15, 0.2) is 5.16 Å². The molecule has 0 N–H and O–H groups in total. The Kier molecular flexibility index (Phi) is 4.23. The Bertz CT molecular complexity index is 193. The largest absolute Gasteiger partial charge is 0.398 e. The van der Waals surface area contributed by atoms with Crippen molar-refractivity contribution in [1.29, 1.82) is 0 Å². The zero-order valence-electron chi connectivity index (χ0n) is 9.79. The van der Waals surface area contributed by atoms with Gasteiger partial charge in [-0.15, -0.1) is 0 Å². The average molecular weight is 198 g/mol. The normalized spacial score (nSPS) is 28.7. The third kappa shape index (κ3) is 2.89. The Hall–Kier alpha value is -0.730. The lowest BCUT2D eigenvalue weighted by molar-refractivity contribution is 0.200. The second-order valence-electron chi connectivity index (χ2n) is 4.48. The highest BCUT2D eigenvalue weighted by atomic mass is 16.6. The maximum absolute atomic E-state index is 4.89. The first-order chi connectivity index (χ1) is 6.65. The third-order valence-corrected chi connectivity index (χ3v) is 3.02. The molecule has 0 aliphatic heterocycles. The summed E-state index contributed by atoms with van der Waals surface area (Å²) in [6.45, 7) is 2.33. The van der Waals surface area contributed by atoms with E-state index in [1.807, 2.05) is 14.1 Å². The molecule has 3 nitrogen and oxygen atoms in total. The van der Waals surface area contributed by atoms with Gasteiger partial charge in [-0.05, 0) is 18.8 Å². The van der Waals surface area contributed by atoms with Crippen LogP contribution in [0, 0.1) is 11.8 Å². The fourth-order valence-electron chi connectivity index (χ4n) is 2.13. The highest BCUT2D eigenvalue weighted by Crippen LogP contribution is 2.29. The van der Waals surface area contributed by atoms with Gasteiger partial charge in [0.2, 0.25) is 0 Å². The van der Waals surface area contributed by atoms with E-state index in [2.05, 4.69) is 17.0 Å². The SMILES string of the molecule is CON=C(C1CCC(C)CC1)N(C)C. The minimum Gasteiger partial charge on any atom is -0.398 e. The molecule has 1 aliphatic carbocycles. The van der Waals surface area contributed by atoms with E-state index in [1.54, 1.807) is 7.11 Å². The van der Waals surface area contributed by atoms with Crippen LogP contribution >= 0.6 is 0 Å². The van der Waals surface area contributed by atoms with Gasteiger partial charge < -0.3 is 9.74 Å². The molecule has 0 unspecified atom stereocenters. The molecule has 1 saturated carbocycles. The molecule has 14 heavy (non-hydrogen) atoms. The molecule has 0 aromatic rings. The van der Waals surface area contributed by atoms with Gasteiger partial charge in [0, 0.05) is 20.0 Å². The first kappa shape index (κ1) is 11.3. The molecule has 0 aromatic heterocycles. The van der Waals surface area contributed by atoms with E-state index >= 15 is 0 Å². The molecule has 0 atom stereocenters. The fourth-order valence-corrected chi connectivity index (χ4v) is 2.13. The van der Waals surface area contributed by atoms with Crippen molar-refractivity contribution in [3.05, 3.63) is 0 Å². The number of hydrogen-bond acceptors (Lipinski definition) is 2. The molecular formula is C11H22N2O. The van der Waals surface area contributed by atoms with Crippen LogP contribution in [0.3, 0.4) is 0 Å². The number of hydrogen-bond donors (Lipinski definition) is 0. The lowest BCUT2D eigenvalue weighted by Gasteiger charge is -2.29. The van der Waals surface area contributed by atoms with Crippen molar-refractivity contribution in [2.45, 2.75) is 32.6 Å². The van der Waals surface area contributed by atoms with Crippen molar-refractivity contribution >= 4 is 5.84 Å². The minimum atomic E-state index is 0.598. The van der Waals surface area contributed by atoms with Crippen LogP contribution in [0.5, 0.6) is 0 Å². The molecule has 82 valence electrons. The second-order valence-corrected chi connectivity index (χ2v) is 4.48. The van der Waals surface area contributed by atoms with Gasteiger partial charge in [-0.1, -0.05) is 24.9 Å². The molecule has 1 aliphatic rings. The summed E-state index contributed by atoms with van der Waals surface area (Å²) in [6.07, 6.45) is 5.14. The molecular weight excluding hydrogens is 176 g/mol. The molecule has 0 bridgehead atoms. The molecule has 0 radical (unpaired) electrons. The van der Waals surface area contributed by atoms with Crippen LogP contribution in [-0.4, -0.2) is 31.9 Å². The van der Waals surface area contributed by atoms with Crippen molar-refractivity contribution < 1.29 is 4.84 Å². The van der Waals surface area contributed by atoms with E-state index in [0.717, 1.165) is 11.8 Å². The molecule has 0 spiro atoms. The predicted molar refractivity (Wildman–Crippen MR) is 59.3 cm³/mol. The average Bonchev–Trinajstić information content (AvgIpc) is 2.15. The zero-order chi connectivity index (χ0) is 10.6. The monoisotopic (exact) mass is 198 g/mol. The summed E-state index contributed by atoms with van der Waals surface area (Å²) in [4.78, 5) is 6.97. The van der Waals surface area contributed by atoms with Crippen molar-refractivity contribution in [1.82, 2.24) is 4.90 Å². The summed E-state index contributed by atoms with van der Waals surface area (Å²) < 4.78 is 0. The van der Waals surface area contributed by atoms with Gasteiger partial charge in [0.1, 0.15) is 12.9 Å². The molecule has 0 aromatic carbocycles. The molecule has 1 rings (SSSR count). The van der Waals surface area contributed by atoms with E-state index in [0.29, 0.717) is 5.92 Å². The Balaban J connectivity index is 2.57. The van der Waals surface area contributed by atoms with Crippen LogP contribution in [0.25, 0.3) is 0 Å². The van der Waals surface area contributed by atoms with E-state index in [9.17, 15) is 0 Å². The lowest BCUT2D eigenvalue weighted by atomic mass is 9.82. The summed E-state index contributed by atoms with van der Waals surface area (Å²) in [5.41, 5.74) is 0. The molecule has 1 fully saturated rings. The topological polar surface area (TPSA) is 24.8 Å². The molecule has 0 heterocycles. The number of nitrogens with zero attached hydrogens (tertiary/aromatic N) is 2. The summed E-state index contributed by atoms with van der Waals surface area (Å²) >= 11 is 0. The Morgan fingerprint density at radius 2 is 1.79 bits per heavy atom. The lowest BCUT2D eigenvalue weighted by Crippen LogP contribution is -2.32. The smallest absolute Gasteiger partial charge is 0.147 e. The summed E-state index contributed by atoms with van der Waals surface area (Å²) in [5, 5.41) is 4.11. The van der Waals surface area contributed by atoms with Crippen LogP contribution < -0.4 is 0 Å². The molecule has 0 saturated heterocycles. The summed E-state index contributed by atoms with van der Waals surface area (Å²) in [5.74, 6) is 2.58.